The van der Waals surface area contributed by atoms with E-state index < -0.39 is 15.6 Å². The van der Waals surface area contributed by atoms with Gasteiger partial charge in [0.2, 0.25) is 0 Å². The van der Waals surface area contributed by atoms with Crippen molar-refractivity contribution in [2.45, 2.75) is 79.1 Å². The van der Waals surface area contributed by atoms with E-state index in [0.29, 0.717) is 13.2 Å². The van der Waals surface area contributed by atoms with Crippen LogP contribution in [0, 0.1) is 10.8 Å². The molecular formula is C18H40BO9P2. The van der Waals surface area contributed by atoms with Crippen LogP contribution in [0.5, 0.6) is 0 Å². The molecule has 0 atom stereocenters. The molecule has 0 saturated carbocycles. The number of phosphoric acid groups is 2. The Bertz CT molecular complexity index is 486. The summed E-state index contributed by atoms with van der Waals surface area (Å²) < 4.78 is 36.3. The van der Waals surface area contributed by atoms with Crippen molar-refractivity contribution in [3.05, 3.63) is 0 Å². The van der Waals surface area contributed by atoms with Crippen LogP contribution >= 0.6 is 15.6 Å². The highest BCUT2D eigenvalue weighted by Crippen LogP contribution is 2.40. The third kappa shape index (κ3) is 22.9. The van der Waals surface area contributed by atoms with Crippen LogP contribution in [0.2, 0.25) is 0 Å². The van der Waals surface area contributed by atoms with Crippen LogP contribution in [0.3, 0.4) is 0 Å². The van der Waals surface area contributed by atoms with Gasteiger partial charge in [0, 0.05) is 21.6 Å². The summed E-state index contributed by atoms with van der Waals surface area (Å²) in [6, 6.07) is 0. The number of hydrogen-bond acceptors (Lipinski definition) is 5. The molecule has 9 nitrogen and oxygen atoms in total. The Labute approximate surface area is 183 Å². The first-order chi connectivity index (χ1) is 13.1. The molecule has 0 fully saturated rings. The van der Waals surface area contributed by atoms with E-state index in [4.69, 9.17) is 24.3 Å². The molecule has 0 amide bonds. The second-order valence-electron chi connectivity index (χ2n) is 9.09. The molecule has 0 rings (SSSR count). The molecule has 0 aliphatic carbocycles. The molecule has 0 aromatic carbocycles. The summed E-state index contributed by atoms with van der Waals surface area (Å²) in [5.41, 5.74) is -0.543. The first-order valence-electron chi connectivity index (χ1n) is 10.1. The predicted molar refractivity (Wildman–Crippen MR) is 117 cm³/mol. The SMILES string of the molecule is CC(C)(CCCCCOCCCCCC(C)(C)COP(=O)(O)O)COP(=O)(O)O.[B]. The highest BCUT2D eigenvalue weighted by atomic mass is 31.2. The molecular weight excluding hydrogens is 433 g/mol. The Balaban J connectivity index is 0. The van der Waals surface area contributed by atoms with Crippen molar-refractivity contribution >= 4 is 24.1 Å². The largest absolute Gasteiger partial charge is 0.469 e. The van der Waals surface area contributed by atoms with Crippen molar-refractivity contribution in [1.82, 2.24) is 0 Å². The standard InChI is InChI=1S/C18H40O9P2.B/c1-17(2,15-26-28(19,20)21)11-7-5-9-13-25-14-10-6-8-12-18(3,4)16-27-29(22,23)24;/h5-16H2,1-4H3,(H2,19,20,21)(H2,22,23,24);. The lowest BCUT2D eigenvalue weighted by atomic mass is 9.88. The average molecular weight is 473 g/mol. The minimum Gasteiger partial charge on any atom is -0.381 e. The Morgan fingerprint density at radius 3 is 1.27 bits per heavy atom. The zero-order valence-electron chi connectivity index (χ0n) is 18.8. The van der Waals surface area contributed by atoms with E-state index >= 15 is 0 Å². The summed E-state index contributed by atoms with van der Waals surface area (Å²) in [5.74, 6) is 0. The van der Waals surface area contributed by atoms with Crippen LogP contribution in [0.4, 0.5) is 0 Å². The molecule has 0 aliphatic rings. The molecule has 0 unspecified atom stereocenters. The first-order valence-corrected chi connectivity index (χ1v) is 13.2. The van der Waals surface area contributed by atoms with Gasteiger partial charge in [-0.1, -0.05) is 53.4 Å². The normalized spacial score (nSPS) is 13.3. The molecule has 0 bridgehead atoms. The van der Waals surface area contributed by atoms with E-state index in [1.807, 2.05) is 27.7 Å². The molecule has 179 valence electrons. The maximum absolute atomic E-state index is 10.8. The zero-order chi connectivity index (χ0) is 22.6. The van der Waals surface area contributed by atoms with E-state index in [0.717, 1.165) is 51.4 Å². The van der Waals surface area contributed by atoms with Crippen molar-refractivity contribution < 1.29 is 42.5 Å². The second kappa shape index (κ2) is 15.1. The molecule has 12 heteroatoms. The molecule has 4 N–H and O–H groups in total. The minimum atomic E-state index is -4.41. The lowest BCUT2D eigenvalue weighted by Crippen LogP contribution is -2.18. The molecule has 0 aromatic rings. The third-order valence-electron chi connectivity index (χ3n) is 4.53. The van der Waals surface area contributed by atoms with E-state index in [9.17, 15) is 9.13 Å². The molecule has 3 radical (unpaired) electrons. The van der Waals surface area contributed by atoms with Crippen molar-refractivity contribution in [3.63, 3.8) is 0 Å². The Morgan fingerprint density at radius 2 is 0.967 bits per heavy atom. The predicted octanol–water partition coefficient (Wildman–Crippen LogP) is 4.01. The Hall–Kier alpha value is 0.245. The van der Waals surface area contributed by atoms with Gasteiger partial charge < -0.3 is 24.3 Å². The molecule has 0 spiro atoms. The van der Waals surface area contributed by atoms with Crippen LogP contribution < -0.4 is 0 Å². The van der Waals surface area contributed by atoms with Gasteiger partial charge in [-0.05, 0) is 36.5 Å². The van der Waals surface area contributed by atoms with E-state index in [-0.39, 0.29) is 32.5 Å². The van der Waals surface area contributed by atoms with Gasteiger partial charge in [-0.2, -0.15) is 0 Å². The van der Waals surface area contributed by atoms with Crippen molar-refractivity contribution in [1.29, 1.82) is 0 Å². The molecule has 30 heavy (non-hydrogen) atoms. The van der Waals surface area contributed by atoms with Crippen LogP contribution in [0.25, 0.3) is 0 Å². The van der Waals surface area contributed by atoms with Crippen LogP contribution in [-0.2, 0) is 22.9 Å². The number of hydrogen-bond donors (Lipinski definition) is 4. The monoisotopic (exact) mass is 473 g/mol. The van der Waals surface area contributed by atoms with Crippen LogP contribution in [-0.4, -0.2) is 54.4 Å². The van der Waals surface area contributed by atoms with Gasteiger partial charge in [0.05, 0.1) is 13.2 Å². The van der Waals surface area contributed by atoms with Gasteiger partial charge in [-0.3, -0.25) is 9.05 Å². The second-order valence-corrected chi connectivity index (χ2v) is 11.6. The summed E-state index contributed by atoms with van der Waals surface area (Å²) in [5, 5.41) is 0. The smallest absolute Gasteiger partial charge is 0.381 e. The fourth-order valence-electron chi connectivity index (χ4n) is 2.73. The van der Waals surface area contributed by atoms with E-state index in [2.05, 4.69) is 9.05 Å². The van der Waals surface area contributed by atoms with Gasteiger partial charge in [0.15, 0.2) is 0 Å². The van der Waals surface area contributed by atoms with Crippen LogP contribution in [0.1, 0.15) is 79.1 Å². The first kappa shape index (κ1) is 32.4. The third-order valence-corrected chi connectivity index (χ3v) is 5.46. The molecule has 0 saturated heterocycles. The Kier molecular flexibility index (Phi) is 16.4. The topological polar surface area (TPSA) is 143 Å². The lowest BCUT2D eigenvalue weighted by molar-refractivity contribution is 0.111. The van der Waals surface area contributed by atoms with E-state index in [1.54, 1.807) is 0 Å². The van der Waals surface area contributed by atoms with E-state index in [1.165, 1.54) is 0 Å². The summed E-state index contributed by atoms with van der Waals surface area (Å²) in [6.45, 7) is 9.18. The van der Waals surface area contributed by atoms with Crippen LogP contribution in [0.15, 0.2) is 0 Å². The average Bonchev–Trinajstić information content (AvgIpc) is 2.55. The summed E-state index contributed by atoms with van der Waals surface area (Å²) in [4.78, 5) is 35.0. The highest BCUT2D eigenvalue weighted by molar-refractivity contribution is 7.46. The number of phosphoric ester groups is 2. The minimum absolute atomic E-state index is 0. The van der Waals surface area contributed by atoms with Gasteiger partial charge in [-0.25, -0.2) is 9.13 Å². The quantitative estimate of drug-likeness (QED) is 0.132. The molecule has 0 aromatic heterocycles. The summed E-state index contributed by atoms with van der Waals surface area (Å²) >= 11 is 0. The lowest BCUT2D eigenvalue weighted by Gasteiger charge is -2.24. The van der Waals surface area contributed by atoms with Crippen molar-refractivity contribution in [3.8, 4) is 0 Å². The van der Waals surface area contributed by atoms with Gasteiger partial charge >= 0.3 is 15.6 Å². The molecule has 0 heterocycles. The summed E-state index contributed by atoms with van der Waals surface area (Å²) in [7, 11) is -8.81. The highest BCUT2D eigenvalue weighted by Gasteiger charge is 2.24. The van der Waals surface area contributed by atoms with Gasteiger partial charge in [0.25, 0.3) is 0 Å². The fraction of sp³-hybridized carbons (Fsp3) is 1.00. The van der Waals surface area contributed by atoms with Crippen molar-refractivity contribution in [2.75, 3.05) is 26.4 Å². The zero-order valence-corrected chi connectivity index (χ0v) is 20.6. The van der Waals surface area contributed by atoms with Crippen molar-refractivity contribution in [2.24, 2.45) is 10.8 Å². The van der Waals surface area contributed by atoms with Gasteiger partial charge in [-0.15, -0.1) is 0 Å². The fourth-order valence-corrected chi connectivity index (χ4v) is 3.77. The van der Waals surface area contributed by atoms with Gasteiger partial charge in [0.1, 0.15) is 0 Å². The number of ether oxygens (including phenoxy) is 1. The maximum Gasteiger partial charge on any atom is 0.469 e. The Morgan fingerprint density at radius 1 is 0.633 bits per heavy atom. The maximum atomic E-state index is 10.8. The number of unbranched alkanes of at least 4 members (excludes halogenated alkanes) is 4. The number of rotatable bonds is 18. The molecule has 0 aliphatic heterocycles. The summed E-state index contributed by atoms with van der Waals surface area (Å²) in [6.07, 6.45) is 7.44.